The highest BCUT2D eigenvalue weighted by Gasteiger charge is 2.17. The summed E-state index contributed by atoms with van der Waals surface area (Å²) in [6.45, 7) is 7.27. The van der Waals surface area contributed by atoms with E-state index >= 15 is 0 Å². The molecule has 0 amide bonds. The molecule has 0 bridgehead atoms. The first-order chi connectivity index (χ1) is 12.7. The van der Waals surface area contributed by atoms with Crippen molar-refractivity contribution < 1.29 is 4.74 Å². The predicted molar refractivity (Wildman–Crippen MR) is 124 cm³/mol. The molecule has 0 atom stereocenters. The lowest BCUT2D eigenvalue weighted by Crippen LogP contribution is -2.47. The highest BCUT2D eigenvalue weighted by Crippen LogP contribution is 2.26. The number of aliphatic imine (C=N–C) groups is 1. The van der Waals surface area contributed by atoms with E-state index in [2.05, 4.69) is 32.2 Å². The summed E-state index contributed by atoms with van der Waals surface area (Å²) in [6.07, 6.45) is 5.10. The van der Waals surface area contributed by atoms with Gasteiger partial charge >= 0.3 is 0 Å². The molecule has 1 saturated carbocycles. The van der Waals surface area contributed by atoms with Gasteiger partial charge in [0.05, 0.1) is 7.11 Å². The second kappa shape index (κ2) is 11.6. The number of nitrogens with two attached hydrogens (primary N) is 1. The average molecular weight is 487 g/mol. The van der Waals surface area contributed by atoms with Crippen LogP contribution >= 0.6 is 24.0 Å². The van der Waals surface area contributed by atoms with E-state index in [0.29, 0.717) is 5.96 Å². The van der Waals surface area contributed by atoms with Crippen LogP contribution in [0.4, 0.5) is 5.69 Å². The van der Waals surface area contributed by atoms with E-state index in [1.165, 1.54) is 24.9 Å². The van der Waals surface area contributed by atoms with Crippen LogP contribution in [0.25, 0.3) is 0 Å². The quantitative estimate of drug-likeness (QED) is 0.256. The molecule has 2 fully saturated rings. The molecule has 1 heterocycles. The fourth-order valence-electron chi connectivity index (χ4n) is 3.50. The maximum atomic E-state index is 5.93. The van der Waals surface area contributed by atoms with Crippen molar-refractivity contribution in [2.24, 2.45) is 16.6 Å². The normalized spacial score (nSPS) is 18.6. The molecule has 27 heavy (non-hydrogen) atoms. The van der Waals surface area contributed by atoms with Gasteiger partial charge in [-0.15, -0.1) is 24.0 Å². The lowest BCUT2D eigenvalue weighted by molar-refractivity contribution is 0.255. The summed E-state index contributed by atoms with van der Waals surface area (Å²) in [5.41, 5.74) is 7.21. The first-order valence-electron chi connectivity index (χ1n) is 9.90. The van der Waals surface area contributed by atoms with Crippen molar-refractivity contribution in [1.82, 2.24) is 10.2 Å². The van der Waals surface area contributed by atoms with Crippen molar-refractivity contribution in [2.45, 2.75) is 25.7 Å². The van der Waals surface area contributed by atoms with Crippen LogP contribution < -0.4 is 20.7 Å². The van der Waals surface area contributed by atoms with Crippen LogP contribution in [0, 0.1) is 5.92 Å². The zero-order chi connectivity index (χ0) is 18.2. The minimum atomic E-state index is 0. The summed E-state index contributed by atoms with van der Waals surface area (Å²) in [5.74, 6) is 2.30. The Balaban J connectivity index is 0.00000261. The van der Waals surface area contributed by atoms with Gasteiger partial charge in [-0.25, -0.2) is 0 Å². The Labute approximate surface area is 180 Å². The number of methoxy groups -OCH3 is 1. The molecule has 3 N–H and O–H groups in total. The Morgan fingerprint density at radius 2 is 1.89 bits per heavy atom. The predicted octanol–water partition coefficient (Wildman–Crippen LogP) is 2.53. The number of halogens is 1. The summed E-state index contributed by atoms with van der Waals surface area (Å²) < 4.78 is 5.23. The second-order valence-corrected chi connectivity index (χ2v) is 7.33. The molecule has 1 aromatic carbocycles. The topological polar surface area (TPSA) is 66.1 Å². The molecule has 152 valence electrons. The summed E-state index contributed by atoms with van der Waals surface area (Å²) in [6, 6.07) is 8.35. The average Bonchev–Trinajstić information content (AvgIpc) is 2.64. The number of hydrogen-bond donors (Lipinski definition) is 2. The largest absolute Gasteiger partial charge is 0.497 e. The van der Waals surface area contributed by atoms with Gasteiger partial charge in [-0.2, -0.15) is 0 Å². The summed E-state index contributed by atoms with van der Waals surface area (Å²) in [5, 5.41) is 3.25. The third-order valence-electron chi connectivity index (χ3n) is 5.51. The van der Waals surface area contributed by atoms with E-state index in [1.54, 1.807) is 7.11 Å². The maximum Gasteiger partial charge on any atom is 0.188 e. The minimum Gasteiger partial charge on any atom is -0.497 e. The third-order valence-corrected chi connectivity index (χ3v) is 5.51. The minimum absolute atomic E-state index is 0. The van der Waals surface area contributed by atoms with Gasteiger partial charge in [0.1, 0.15) is 5.75 Å². The molecule has 0 aromatic heterocycles. The molecule has 0 spiro atoms. The van der Waals surface area contributed by atoms with Crippen molar-refractivity contribution in [3.63, 3.8) is 0 Å². The maximum absolute atomic E-state index is 5.93. The van der Waals surface area contributed by atoms with E-state index in [4.69, 9.17) is 10.5 Å². The molecule has 2 aliphatic rings. The fourth-order valence-corrected chi connectivity index (χ4v) is 3.50. The number of piperazine rings is 1. The SMILES string of the molecule is COc1ccc(N2CCN(CCCNC(N)=NCC3CCC3)CC2)cc1.I. The van der Waals surface area contributed by atoms with Crippen LogP contribution in [0.3, 0.4) is 0 Å². The van der Waals surface area contributed by atoms with Gasteiger partial charge in [-0.1, -0.05) is 6.42 Å². The number of benzene rings is 1. The van der Waals surface area contributed by atoms with Gasteiger partial charge < -0.3 is 20.7 Å². The number of nitrogens with one attached hydrogen (secondary N) is 1. The number of rotatable bonds is 8. The van der Waals surface area contributed by atoms with Crippen LogP contribution in [0.1, 0.15) is 25.7 Å². The molecule has 1 aromatic rings. The van der Waals surface area contributed by atoms with E-state index in [-0.39, 0.29) is 24.0 Å². The zero-order valence-electron chi connectivity index (χ0n) is 16.4. The van der Waals surface area contributed by atoms with Crippen LogP contribution in [0.2, 0.25) is 0 Å². The number of hydrogen-bond acceptors (Lipinski definition) is 4. The molecular weight excluding hydrogens is 453 g/mol. The Morgan fingerprint density at radius 3 is 2.48 bits per heavy atom. The van der Waals surface area contributed by atoms with Gasteiger partial charge in [0.25, 0.3) is 0 Å². The van der Waals surface area contributed by atoms with Gasteiger partial charge in [0.2, 0.25) is 0 Å². The van der Waals surface area contributed by atoms with E-state index in [1.807, 2.05) is 12.1 Å². The van der Waals surface area contributed by atoms with Crippen LogP contribution in [0.5, 0.6) is 5.75 Å². The fraction of sp³-hybridized carbons (Fsp3) is 0.650. The van der Waals surface area contributed by atoms with Gasteiger partial charge in [0, 0.05) is 45.0 Å². The molecule has 7 heteroatoms. The Morgan fingerprint density at radius 1 is 1.19 bits per heavy atom. The molecule has 0 unspecified atom stereocenters. The van der Waals surface area contributed by atoms with Crippen LogP contribution in [0.15, 0.2) is 29.3 Å². The highest BCUT2D eigenvalue weighted by molar-refractivity contribution is 14.0. The first kappa shape index (κ1) is 22.1. The third kappa shape index (κ3) is 7.03. The van der Waals surface area contributed by atoms with Crippen molar-refractivity contribution in [3.8, 4) is 5.75 Å². The van der Waals surface area contributed by atoms with Gasteiger partial charge in [0.15, 0.2) is 5.96 Å². The van der Waals surface area contributed by atoms with E-state index in [0.717, 1.165) is 63.9 Å². The van der Waals surface area contributed by atoms with Gasteiger partial charge in [-0.3, -0.25) is 9.89 Å². The monoisotopic (exact) mass is 487 g/mol. The summed E-state index contributed by atoms with van der Waals surface area (Å²) in [4.78, 5) is 9.42. The molecule has 1 aliphatic heterocycles. The Bertz CT molecular complexity index is 568. The molecule has 6 nitrogen and oxygen atoms in total. The summed E-state index contributed by atoms with van der Waals surface area (Å²) >= 11 is 0. The first-order valence-corrected chi connectivity index (χ1v) is 9.90. The lowest BCUT2D eigenvalue weighted by Gasteiger charge is -2.36. The molecule has 1 aliphatic carbocycles. The number of guanidine groups is 1. The van der Waals surface area contributed by atoms with E-state index < -0.39 is 0 Å². The van der Waals surface area contributed by atoms with E-state index in [9.17, 15) is 0 Å². The molecule has 1 saturated heterocycles. The van der Waals surface area contributed by atoms with Gasteiger partial charge in [-0.05, 0) is 56.0 Å². The zero-order valence-corrected chi connectivity index (χ0v) is 18.7. The van der Waals surface area contributed by atoms with Crippen molar-refractivity contribution >= 4 is 35.6 Å². The summed E-state index contributed by atoms with van der Waals surface area (Å²) in [7, 11) is 1.70. The molecular formula is C20H34IN5O. The van der Waals surface area contributed by atoms with Crippen molar-refractivity contribution in [3.05, 3.63) is 24.3 Å². The molecule has 3 rings (SSSR count). The van der Waals surface area contributed by atoms with Crippen molar-refractivity contribution in [2.75, 3.05) is 57.8 Å². The number of nitrogens with zero attached hydrogens (tertiary/aromatic N) is 3. The number of anilines is 1. The standard InChI is InChI=1S/C20H33N5O.HI/c1-26-19-8-6-18(7-9-19)25-14-12-24(13-15-25)11-3-10-22-20(21)23-16-17-4-2-5-17;/h6-9,17H,2-5,10-16H2,1H3,(H3,21,22,23);1H. The second-order valence-electron chi connectivity index (χ2n) is 7.33. The Hall–Kier alpha value is -1.22. The highest BCUT2D eigenvalue weighted by atomic mass is 127. The van der Waals surface area contributed by atoms with Crippen LogP contribution in [-0.4, -0.2) is 63.8 Å². The smallest absolute Gasteiger partial charge is 0.188 e. The van der Waals surface area contributed by atoms with Crippen molar-refractivity contribution in [1.29, 1.82) is 0 Å². The molecule has 0 radical (unpaired) electrons. The van der Waals surface area contributed by atoms with Crippen LogP contribution in [-0.2, 0) is 0 Å². The Kier molecular flexibility index (Phi) is 9.47. The number of ether oxygens (including phenoxy) is 1. The lowest BCUT2D eigenvalue weighted by atomic mass is 9.86.